The van der Waals surface area contributed by atoms with E-state index in [-0.39, 0.29) is 11.7 Å². The third kappa shape index (κ3) is 5.06. The van der Waals surface area contributed by atoms with Gasteiger partial charge in [-0.15, -0.1) is 0 Å². The van der Waals surface area contributed by atoms with Crippen molar-refractivity contribution in [3.8, 4) is 5.75 Å². The lowest BCUT2D eigenvalue weighted by Crippen LogP contribution is -2.28. The van der Waals surface area contributed by atoms with Crippen molar-refractivity contribution in [1.82, 2.24) is 20.3 Å². The number of carbonyl (C=O) groups excluding carboxylic acids is 1. The largest absolute Gasteiger partial charge is 0.489 e. The fourth-order valence-corrected chi connectivity index (χ4v) is 4.83. The van der Waals surface area contributed by atoms with Gasteiger partial charge in [0, 0.05) is 35.2 Å². The van der Waals surface area contributed by atoms with Gasteiger partial charge < -0.3 is 15.4 Å². The average Bonchev–Trinajstić information content (AvgIpc) is 3.50. The lowest BCUT2D eigenvalue weighted by molar-refractivity contribution is 0.0792. The molecular weight excluding hydrogens is 480 g/mol. The predicted octanol–water partition coefficient (Wildman–Crippen LogP) is 4.11. The molecule has 5 rings (SSSR count). The second-order valence-corrected chi connectivity index (χ2v) is 9.43. The van der Waals surface area contributed by atoms with Crippen LogP contribution in [0.5, 0.6) is 5.75 Å². The summed E-state index contributed by atoms with van der Waals surface area (Å²) in [6.45, 7) is 3.79. The number of aryl methyl sites for hydroxylation is 1. The Balaban J connectivity index is 1.54. The number of rotatable bonds is 7. The van der Waals surface area contributed by atoms with Gasteiger partial charge in [0.25, 0.3) is 5.91 Å². The fraction of sp³-hybridized carbons (Fsp3) is 0.241. The van der Waals surface area contributed by atoms with E-state index < -0.39 is 6.04 Å². The molecule has 9 heteroatoms. The van der Waals surface area contributed by atoms with Gasteiger partial charge in [-0.25, -0.2) is 9.97 Å². The number of benzene rings is 3. The number of amidine groups is 1. The van der Waals surface area contributed by atoms with Crippen molar-refractivity contribution in [2.24, 2.45) is 5.73 Å². The van der Waals surface area contributed by atoms with Crippen LogP contribution in [0.3, 0.4) is 0 Å². The summed E-state index contributed by atoms with van der Waals surface area (Å²) in [7, 11) is 0. The highest BCUT2D eigenvalue weighted by atomic mass is 16.5. The summed E-state index contributed by atoms with van der Waals surface area (Å²) in [5.41, 5.74) is 13.4. The lowest BCUT2D eigenvalue weighted by atomic mass is 9.95. The van der Waals surface area contributed by atoms with Gasteiger partial charge in [-0.05, 0) is 61.2 Å². The van der Waals surface area contributed by atoms with Crippen LogP contribution in [-0.4, -0.2) is 44.9 Å². The van der Waals surface area contributed by atoms with Crippen molar-refractivity contribution in [2.75, 3.05) is 13.1 Å². The average molecular weight is 511 g/mol. The first-order valence-corrected chi connectivity index (χ1v) is 12.6. The van der Waals surface area contributed by atoms with Crippen molar-refractivity contribution in [3.63, 3.8) is 0 Å². The van der Waals surface area contributed by atoms with Crippen molar-refractivity contribution in [1.29, 1.82) is 5.41 Å². The van der Waals surface area contributed by atoms with Crippen LogP contribution >= 0.6 is 0 Å². The van der Waals surface area contributed by atoms with Crippen LogP contribution < -0.4 is 16.0 Å². The van der Waals surface area contributed by atoms with E-state index in [1.165, 1.54) is 6.33 Å². The van der Waals surface area contributed by atoms with E-state index in [0.717, 1.165) is 42.4 Å². The SMILES string of the molecule is Cc1cc2c(C(N)c3cc(C(=N)NO)ccc3OCc3ccccc3)ncnc2cc1C(=O)N1CCCC1. The first kappa shape index (κ1) is 25.3. The first-order valence-electron chi connectivity index (χ1n) is 12.6. The van der Waals surface area contributed by atoms with E-state index in [4.69, 9.17) is 15.9 Å². The zero-order valence-corrected chi connectivity index (χ0v) is 21.1. The first-order chi connectivity index (χ1) is 18.5. The van der Waals surface area contributed by atoms with E-state index in [2.05, 4.69) is 9.97 Å². The van der Waals surface area contributed by atoms with E-state index in [1.807, 2.05) is 59.8 Å². The summed E-state index contributed by atoms with van der Waals surface area (Å²) in [5.74, 6) is 0.396. The van der Waals surface area contributed by atoms with Crippen LogP contribution in [0.25, 0.3) is 10.9 Å². The summed E-state index contributed by atoms with van der Waals surface area (Å²) in [4.78, 5) is 24.0. The Labute approximate surface area is 220 Å². The number of carbonyl (C=O) groups is 1. The third-order valence-corrected chi connectivity index (χ3v) is 6.91. The normalized spacial score (nSPS) is 13.9. The standard InChI is InChI=1S/C29H30N6O3/c1-18-13-22-24(15-21(18)29(36)35-11-5-6-12-35)32-17-33-27(22)26(30)23-14-20(28(31)34-37)9-10-25(23)38-16-19-7-3-2-4-8-19/h2-4,7-10,13-15,17,26,37H,5-6,11-12,16,30H2,1H3,(H2,31,34). The van der Waals surface area contributed by atoms with E-state index in [1.54, 1.807) is 18.2 Å². The predicted molar refractivity (Wildman–Crippen MR) is 144 cm³/mol. The van der Waals surface area contributed by atoms with Gasteiger partial charge in [0.05, 0.1) is 17.3 Å². The van der Waals surface area contributed by atoms with Crippen molar-refractivity contribution < 1.29 is 14.7 Å². The van der Waals surface area contributed by atoms with Crippen LogP contribution in [0.2, 0.25) is 0 Å². The molecule has 1 aliphatic heterocycles. The molecule has 1 unspecified atom stereocenters. The summed E-state index contributed by atoms with van der Waals surface area (Å²) in [6, 6.07) is 17.9. The topological polar surface area (TPSA) is 137 Å². The molecule has 1 fully saturated rings. The highest BCUT2D eigenvalue weighted by Crippen LogP contribution is 2.33. The van der Waals surface area contributed by atoms with E-state index in [0.29, 0.717) is 40.3 Å². The van der Waals surface area contributed by atoms with Crippen molar-refractivity contribution in [3.05, 3.63) is 101 Å². The summed E-state index contributed by atoms with van der Waals surface area (Å²) < 4.78 is 6.15. The molecule has 4 aromatic rings. The highest BCUT2D eigenvalue weighted by Gasteiger charge is 2.24. The minimum absolute atomic E-state index is 0.0191. The Morgan fingerprint density at radius 2 is 1.89 bits per heavy atom. The molecule has 1 amide bonds. The Hall–Kier alpha value is -4.34. The summed E-state index contributed by atoms with van der Waals surface area (Å²) in [5, 5.41) is 18.0. The summed E-state index contributed by atoms with van der Waals surface area (Å²) >= 11 is 0. The lowest BCUT2D eigenvalue weighted by Gasteiger charge is -2.20. The van der Waals surface area contributed by atoms with E-state index >= 15 is 0 Å². The number of amides is 1. The van der Waals surface area contributed by atoms with Crippen LogP contribution in [0.4, 0.5) is 0 Å². The molecule has 9 nitrogen and oxygen atoms in total. The molecular formula is C29H30N6O3. The molecule has 0 spiro atoms. The number of nitrogens with two attached hydrogens (primary N) is 1. The molecule has 2 heterocycles. The smallest absolute Gasteiger partial charge is 0.254 e. The molecule has 5 N–H and O–H groups in total. The third-order valence-electron chi connectivity index (χ3n) is 6.91. The number of nitrogens with one attached hydrogen (secondary N) is 2. The molecule has 0 aliphatic carbocycles. The molecule has 0 radical (unpaired) electrons. The van der Waals surface area contributed by atoms with Gasteiger partial charge in [0.2, 0.25) is 0 Å². The molecule has 1 atom stereocenters. The molecule has 0 saturated carbocycles. The van der Waals surface area contributed by atoms with Gasteiger partial charge in [-0.1, -0.05) is 30.3 Å². The van der Waals surface area contributed by atoms with Gasteiger partial charge in [-0.3, -0.25) is 20.9 Å². The van der Waals surface area contributed by atoms with Gasteiger partial charge in [-0.2, -0.15) is 0 Å². The highest BCUT2D eigenvalue weighted by molar-refractivity contribution is 6.00. The molecule has 3 aromatic carbocycles. The molecule has 194 valence electrons. The maximum atomic E-state index is 13.1. The Morgan fingerprint density at radius 1 is 1.13 bits per heavy atom. The van der Waals surface area contributed by atoms with Crippen LogP contribution in [0, 0.1) is 12.3 Å². The monoisotopic (exact) mass is 510 g/mol. The minimum atomic E-state index is -0.725. The molecule has 1 aliphatic rings. The molecule has 38 heavy (non-hydrogen) atoms. The Morgan fingerprint density at radius 3 is 2.63 bits per heavy atom. The summed E-state index contributed by atoms with van der Waals surface area (Å²) in [6.07, 6.45) is 3.50. The van der Waals surface area contributed by atoms with Crippen molar-refractivity contribution >= 4 is 22.6 Å². The quantitative estimate of drug-likeness (QED) is 0.167. The van der Waals surface area contributed by atoms with Gasteiger partial charge in [0.1, 0.15) is 24.5 Å². The number of fused-ring (bicyclic) bond motifs is 1. The number of aromatic nitrogens is 2. The minimum Gasteiger partial charge on any atom is -0.489 e. The number of hydrogen-bond donors (Lipinski definition) is 4. The molecule has 1 aromatic heterocycles. The Kier molecular flexibility index (Phi) is 7.30. The number of likely N-dealkylation sites (tertiary alicyclic amines) is 1. The number of ether oxygens (including phenoxy) is 1. The van der Waals surface area contributed by atoms with Gasteiger partial charge in [0.15, 0.2) is 0 Å². The van der Waals surface area contributed by atoms with Crippen LogP contribution in [0.1, 0.15) is 57.2 Å². The second kappa shape index (κ2) is 11.0. The van der Waals surface area contributed by atoms with Gasteiger partial charge >= 0.3 is 0 Å². The zero-order chi connectivity index (χ0) is 26.6. The molecule has 0 bridgehead atoms. The zero-order valence-electron chi connectivity index (χ0n) is 21.1. The number of hydroxylamine groups is 1. The van der Waals surface area contributed by atoms with Crippen LogP contribution in [-0.2, 0) is 6.61 Å². The number of hydrogen-bond acceptors (Lipinski definition) is 7. The Bertz CT molecular complexity index is 1480. The second-order valence-electron chi connectivity index (χ2n) is 9.43. The maximum absolute atomic E-state index is 13.1. The number of nitrogens with zero attached hydrogens (tertiary/aromatic N) is 3. The van der Waals surface area contributed by atoms with Crippen molar-refractivity contribution in [2.45, 2.75) is 32.4 Å². The maximum Gasteiger partial charge on any atom is 0.254 e. The fourth-order valence-electron chi connectivity index (χ4n) is 4.83. The van der Waals surface area contributed by atoms with E-state index in [9.17, 15) is 10.0 Å². The van der Waals surface area contributed by atoms with Crippen LogP contribution in [0.15, 0.2) is 67.0 Å². The molecule has 1 saturated heterocycles.